The van der Waals surface area contributed by atoms with Gasteiger partial charge in [0, 0.05) is 4.88 Å². The minimum Gasteiger partial charge on any atom is -0.308 e. The first-order valence-electron chi connectivity index (χ1n) is 7.56. The monoisotopic (exact) mass is 298 g/mol. The van der Waals surface area contributed by atoms with Crippen molar-refractivity contribution in [1.29, 1.82) is 0 Å². The first kappa shape index (κ1) is 15.3. The van der Waals surface area contributed by atoms with Gasteiger partial charge in [0.1, 0.15) is 5.01 Å². The zero-order chi connectivity index (χ0) is 13.5. The van der Waals surface area contributed by atoms with E-state index in [0.29, 0.717) is 6.04 Å². The number of nitrogens with one attached hydrogen (secondary N) is 1. The van der Waals surface area contributed by atoms with E-state index in [4.69, 9.17) is 4.98 Å². The highest BCUT2D eigenvalue weighted by molar-refractivity contribution is 7.98. The number of nitrogens with zero attached hydrogens (tertiary/aromatic N) is 1. The maximum atomic E-state index is 4.93. The molecule has 0 amide bonds. The number of aromatic nitrogens is 1. The fourth-order valence-electron chi connectivity index (χ4n) is 2.58. The molecular formula is C15H26N2S2. The third-order valence-corrected chi connectivity index (χ3v) is 5.61. The van der Waals surface area contributed by atoms with E-state index < -0.39 is 0 Å². The smallest absolute Gasteiger partial charge is 0.110 e. The summed E-state index contributed by atoms with van der Waals surface area (Å²) < 4.78 is 0. The molecule has 1 atom stereocenters. The lowest BCUT2D eigenvalue weighted by atomic mass is 10.0. The van der Waals surface area contributed by atoms with Crippen LogP contribution >= 0.6 is 23.1 Å². The second-order valence-electron chi connectivity index (χ2n) is 5.27. The Morgan fingerprint density at radius 1 is 1.37 bits per heavy atom. The summed E-state index contributed by atoms with van der Waals surface area (Å²) in [5.41, 5.74) is 1.40. The lowest BCUT2D eigenvalue weighted by molar-refractivity contribution is 0.492. The molecule has 1 aromatic heterocycles. The Bertz CT molecular complexity index is 353. The topological polar surface area (TPSA) is 24.9 Å². The van der Waals surface area contributed by atoms with Crippen LogP contribution in [0.3, 0.4) is 0 Å². The molecule has 19 heavy (non-hydrogen) atoms. The summed E-state index contributed by atoms with van der Waals surface area (Å²) in [5, 5.41) is 5.04. The van der Waals surface area contributed by atoms with E-state index in [0.717, 1.165) is 6.54 Å². The molecule has 0 fully saturated rings. The maximum absolute atomic E-state index is 4.93. The highest BCUT2D eigenvalue weighted by atomic mass is 32.2. The molecule has 1 aromatic rings. The molecule has 1 N–H and O–H groups in total. The molecule has 1 unspecified atom stereocenters. The van der Waals surface area contributed by atoms with Crippen molar-refractivity contribution >= 4 is 23.1 Å². The second-order valence-corrected chi connectivity index (χ2v) is 7.37. The molecule has 0 bridgehead atoms. The minimum atomic E-state index is 0.489. The van der Waals surface area contributed by atoms with Crippen LogP contribution in [-0.4, -0.2) is 23.5 Å². The number of fused-ring (bicyclic) bond motifs is 1. The van der Waals surface area contributed by atoms with Gasteiger partial charge in [0.2, 0.25) is 0 Å². The van der Waals surface area contributed by atoms with Gasteiger partial charge in [-0.2, -0.15) is 11.8 Å². The Balaban J connectivity index is 2.01. The molecule has 4 heteroatoms. The molecule has 0 radical (unpaired) electrons. The van der Waals surface area contributed by atoms with E-state index in [1.807, 2.05) is 23.1 Å². The molecule has 1 aliphatic carbocycles. The van der Waals surface area contributed by atoms with Crippen LogP contribution in [0.15, 0.2) is 0 Å². The van der Waals surface area contributed by atoms with Crippen LogP contribution in [-0.2, 0) is 12.8 Å². The normalized spacial score (nSPS) is 16.3. The van der Waals surface area contributed by atoms with Crippen molar-refractivity contribution < 1.29 is 0 Å². The highest BCUT2D eigenvalue weighted by Gasteiger charge is 2.20. The van der Waals surface area contributed by atoms with Crippen LogP contribution < -0.4 is 5.32 Å². The van der Waals surface area contributed by atoms with Gasteiger partial charge >= 0.3 is 0 Å². The van der Waals surface area contributed by atoms with E-state index in [9.17, 15) is 0 Å². The van der Waals surface area contributed by atoms with E-state index in [-0.39, 0.29) is 0 Å². The predicted octanol–water partition coefficient (Wildman–Crippen LogP) is 4.21. The van der Waals surface area contributed by atoms with Gasteiger partial charge in [0.15, 0.2) is 0 Å². The quantitative estimate of drug-likeness (QED) is 0.728. The van der Waals surface area contributed by atoms with Crippen molar-refractivity contribution in [2.45, 2.75) is 57.9 Å². The van der Waals surface area contributed by atoms with Gasteiger partial charge in [-0.05, 0) is 63.5 Å². The van der Waals surface area contributed by atoms with E-state index >= 15 is 0 Å². The molecule has 0 spiro atoms. The molecule has 0 aliphatic heterocycles. The SMILES string of the molecule is CCCNC(CCCSC)c1nc2c(s1)CCCC2. The Morgan fingerprint density at radius 2 is 2.21 bits per heavy atom. The van der Waals surface area contributed by atoms with Crippen molar-refractivity contribution in [2.24, 2.45) is 0 Å². The Labute approximate surface area is 125 Å². The molecular weight excluding hydrogens is 272 g/mol. The van der Waals surface area contributed by atoms with Crippen molar-refractivity contribution in [2.75, 3.05) is 18.6 Å². The van der Waals surface area contributed by atoms with Gasteiger partial charge in [0.25, 0.3) is 0 Å². The zero-order valence-electron chi connectivity index (χ0n) is 12.2. The molecule has 2 rings (SSSR count). The van der Waals surface area contributed by atoms with Gasteiger partial charge in [-0.3, -0.25) is 0 Å². The van der Waals surface area contributed by atoms with Crippen LogP contribution in [0.25, 0.3) is 0 Å². The first-order chi connectivity index (χ1) is 9.35. The van der Waals surface area contributed by atoms with Gasteiger partial charge in [-0.1, -0.05) is 6.92 Å². The summed E-state index contributed by atoms with van der Waals surface area (Å²) in [6, 6.07) is 0.489. The maximum Gasteiger partial charge on any atom is 0.110 e. The highest BCUT2D eigenvalue weighted by Crippen LogP contribution is 2.31. The molecule has 1 aliphatic rings. The Morgan fingerprint density at radius 3 is 2.95 bits per heavy atom. The van der Waals surface area contributed by atoms with Gasteiger partial charge in [-0.25, -0.2) is 4.98 Å². The summed E-state index contributed by atoms with van der Waals surface area (Å²) in [6.07, 6.45) is 11.1. The van der Waals surface area contributed by atoms with Crippen molar-refractivity contribution in [3.8, 4) is 0 Å². The average Bonchev–Trinajstić information content (AvgIpc) is 2.86. The fourth-order valence-corrected chi connectivity index (χ4v) is 4.30. The lowest BCUT2D eigenvalue weighted by Crippen LogP contribution is -2.22. The standard InChI is InChI=1S/C15H26N2S2/c1-3-10-16-13(8-6-11-18-2)15-17-12-7-4-5-9-14(12)19-15/h13,16H,3-11H2,1-2H3. The van der Waals surface area contributed by atoms with Crippen LogP contribution in [0.4, 0.5) is 0 Å². The average molecular weight is 299 g/mol. The van der Waals surface area contributed by atoms with Crippen LogP contribution in [0.5, 0.6) is 0 Å². The zero-order valence-corrected chi connectivity index (χ0v) is 13.8. The molecule has 0 saturated carbocycles. The minimum absolute atomic E-state index is 0.489. The third-order valence-electron chi connectivity index (χ3n) is 3.64. The summed E-state index contributed by atoms with van der Waals surface area (Å²) in [5.74, 6) is 1.26. The molecule has 1 heterocycles. The van der Waals surface area contributed by atoms with Crippen molar-refractivity contribution in [3.05, 3.63) is 15.6 Å². The van der Waals surface area contributed by atoms with Gasteiger partial charge in [0.05, 0.1) is 11.7 Å². The number of thioether (sulfide) groups is 1. The van der Waals surface area contributed by atoms with Gasteiger partial charge in [-0.15, -0.1) is 11.3 Å². The second kappa shape index (κ2) is 8.28. The Kier molecular flexibility index (Phi) is 6.68. The van der Waals surface area contributed by atoms with Crippen molar-refractivity contribution in [3.63, 3.8) is 0 Å². The third kappa shape index (κ3) is 4.47. The first-order valence-corrected chi connectivity index (χ1v) is 9.77. The predicted molar refractivity (Wildman–Crippen MR) is 87.4 cm³/mol. The summed E-state index contributed by atoms with van der Waals surface area (Å²) >= 11 is 3.92. The number of aryl methyl sites for hydroxylation is 2. The number of hydrogen-bond donors (Lipinski definition) is 1. The van der Waals surface area contributed by atoms with E-state index in [1.54, 1.807) is 4.88 Å². The number of rotatable bonds is 8. The van der Waals surface area contributed by atoms with Crippen LogP contribution in [0.1, 0.15) is 60.6 Å². The Hall–Kier alpha value is -0.0600. The van der Waals surface area contributed by atoms with Crippen LogP contribution in [0.2, 0.25) is 0 Å². The summed E-state index contributed by atoms with van der Waals surface area (Å²) in [7, 11) is 0. The summed E-state index contributed by atoms with van der Waals surface area (Å²) in [4.78, 5) is 6.50. The molecule has 0 saturated heterocycles. The summed E-state index contributed by atoms with van der Waals surface area (Å²) in [6.45, 7) is 3.34. The van der Waals surface area contributed by atoms with E-state index in [2.05, 4.69) is 18.5 Å². The molecule has 108 valence electrons. The molecule has 2 nitrogen and oxygen atoms in total. The largest absolute Gasteiger partial charge is 0.308 e. The van der Waals surface area contributed by atoms with Crippen LogP contribution in [0, 0.1) is 0 Å². The number of thiazole rings is 1. The van der Waals surface area contributed by atoms with E-state index in [1.165, 1.54) is 61.4 Å². The number of hydrogen-bond acceptors (Lipinski definition) is 4. The lowest BCUT2D eigenvalue weighted by Gasteiger charge is -2.15. The van der Waals surface area contributed by atoms with Crippen molar-refractivity contribution in [1.82, 2.24) is 10.3 Å². The fraction of sp³-hybridized carbons (Fsp3) is 0.800. The van der Waals surface area contributed by atoms with Gasteiger partial charge < -0.3 is 5.32 Å². The molecule has 0 aromatic carbocycles.